The van der Waals surface area contributed by atoms with Gasteiger partial charge in [0.25, 0.3) is 0 Å². The van der Waals surface area contributed by atoms with Gasteiger partial charge in [-0.05, 0) is 31.1 Å². The van der Waals surface area contributed by atoms with Crippen molar-refractivity contribution < 1.29 is 9.59 Å². The summed E-state index contributed by atoms with van der Waals surface area (Å²) in [5.41, 5.74) is -0.674. The lowest BCUT2D eigenvalue weighted by Crippen LogP contribution is -2.57. The normalized spacial score (nSPS) is 23.6. The molecular formula is C22H20N4O2. The van der Waals surface area contributed by atoms with Crippen LogP contribution in [-0.4, -0.2) is 28.0 Å². The molecule has 140 valence electrons. The van der Waals surface area contributed by atoms with Gasteiger partial charge in [-0.15, -0.1) is 0 Å². The van der Waals surface area contributed by atoms with Crippen LogP contribution in [-0.2, 0) is 22.1 Å². The number of amides is 1. The molecule has 2 heterocycles. The molecule has 0 bridgehead atoms. The predicted octanol–water partition coefficient (Wildman–Crippen LogP) is 2.69. The van der Waals surface area contributed by atoms with Crippen LogP contribution in [0.25, 0.3) is 0 Å². The molecule has 6 nitrogen and oxygen atoms in total. The highest BCUT2D eigenvalue weighted by atomic mass is 16.2. The highest BCUT2D eigenvalue weighted by molar-refractivity contribution is 6.14. The first kappa shape index (κ1) is 17.9. The monoisotopic (exact) mass is 372 g/mol. The standard InChI is InChI=1S/C22H20N4O2/c1-21(2)17-10-12-26(18-9-11-24-25(18)3)20(28)22(17,13-15(14-23)19(21)27)16-7-5-4-6-8-16/h4-11,13H,12H2,1-3H3/t22-/m0/s1. The minimum atomic E-state index is -1.20. The van der Waals surface area contributed by atoms with Gasteiger partial charge in [0, 0.05) is 19.7 Å². The lowest BCUT2D eigenvalue weighted by Gasteiger charge is -2.48. The Bertz CT molecular complexity index is 1090. The first-order valence-electron chi connectivity index (χ1n) is 9.08. The molecule has 0 spiro atoms. The van der Waals surface area contributed by atoms with E-state index < -0.39 is 10.8 Å². The average molecular weight is 372 g/mol. The molecule has 1 aliphatic carbocycles. The molecule has 0 radical (unpaired) electrons. The molecule has 4 rings (SSSR count). The van der Waals surface area contributed by atoms with Crippen molar-refractivity contribution in [2.45, 2.75) is 19.3 Å². The molecule has 0 N–H and O–H groups in total. The number of benzene rings is 1. The molecule has 1 aromatic heterocycles. The minimum Gasteiger partial charge on any atom is -0.292 e. The van der Waals surface area contributed by atoms with Gasteiger partial charge in [0.05, 0.1) is 17.2 Å². The Morgan fingerprint density at radius 2 is 1.86 bits per heavy atom. The number of allylic oxidation sites excluding steroid dienone is 1. The highest BCUT2D eigenvalue weighted by Gasteiger charge is 2.57. The van der Waals surface area contributed by atoms with E-state index >= 15 is 0 Å². The average Bonchev–Trinajstić information content (AvgIpc) is 3.12. The van der Waals surface area contributed by atoms with Crippen LogP contribution in [0.4, 0.5) is 5.82 Å². The Labute approximate surface area is 163 Å². The van der Waals surface area contributed by atoms with Gasteiger partial charge in [-0.1, -0.05) is 36.4 Å². The summed E-state index contributed by atoms with van der Waals surface area (Å²) in [6.07, 6.45) is 5.14. The maximum absolute atomic E-state index is 14.0. The third-order valence-electron chi connectivity index (χ3n) is 5.75. The molecule has 0 saturated carbocycles. The third kappa shape index (κ3) is 2.23. The van der Waals surface area contributed by atoms with Crippen LogP contribution in [0, 0.1) is 16.7 Å². The number of anilines is 1. The fraction of sp³-hybridized carbons (Fsp3) is 0.273. The van der Waals surface area contributed by atoms with Gasteiger partial charge in [-0.2, -0.15) is 10.4 Å². The second kappa shape index (κ2) is 6.03. The van der Waals surface area contributed by atoms with E-state index in [1.807, 2.05) is 42.5 Å². The molecule has 0 unspecified atom stereocenters. The van der Waals surface area contributed by atoms with Crippen LogP contribution in [0.5, 0.6) is 0 Å². The molecule has 1 aliphatic heterocycles. The SMILES string of the molecule is Cn1nccc1N1CC=C2C(C)(C)C(=O)C(C#N)=C[C@@]2(c2ccccc2)C1=O. The number of nitriles is 1. The van der Waals surface area contributed by atoms with Crippen LogP contribution < -0.4 is 4.90 Å². The van der Waals surface area contributed by atoms with E-state index in [0.717, 1.165) is 11.1 Å². The van der Waals surface area contributed by atoms with Crippen molar-refractivity contribution in [3.63, 3.8) is 0 Å². The minimum absolute atomic E-state index is 0.0196. The van der Waals surface area contributed by atoms with E-state index in [9.17, 15) is 14.9 Å². The van der Waals surface area contributed by atoms with E-state index in [1.165, 1.54) is 0 Å². The summed E-state index contributed by atoms with van der Waals surface area (Å²) in [6, 6.07) is 13.1. The largest absolute Gasteiger partial charge is 0.292 e. The van der Waals surface area contributed by atoms with Crippen molar-refractivity contribution in [1.29, 1.82) is 5.26 Å². The van der Waals surface area contributed by atoms with Crippen LogP contribution >= 0.6 is 0 Å². The molecule has 2 aliphatic rings. The number of carbonyl (C=O) groups excluding carboxylic acids is 2. The van der Waals surface area contributed by atoms with Crippen LogP contribution in [0.1, 0.15) is 19.4 Å². The number of aryl methyl sites for hydroxylation is 1. The summed E-state index contributed by atoms with van der Waals surface area (Å²) in [6.45, 7) is 3.92. The van der Waals surface area contributed by atoms with Gasteiger partial charge in [-0.25, -0.2) is 0 Å². The number of hydrogen-bond donors (Lipinski definition) is 0. The van der Waals surface area contributed by atoms with E-state index in [-0.39, 0.29) is 17.3 Å². The predicted molar refractivity (Wildman–Crippen MR) is 104 cm³/mol. The van der Waals surface area contributed by atoms with E-state index in [1.54, 1.807) is 48.8 Å². The van der Waals surface area contributed by atoms with Crippen molar-refractivity contribution in [2.24, 2.45) is 12.5 Å². The number of carbonyl (C=O) groups is 2. The Balaban J connectivity index is 2.05. The second-order valence-corrected chi connectivity index (χ2v) is 7.64. The summed E-state index contributed by atoms with van der Waals surface area (Å²) < 4.78 is 1.64. The number of fused-ring (bicyclic) bond motifs is 1. The third-order valence-corrected chi connectivity index (χ3v) is 5.75. The number of hydrogen-bond acceptors (Lipinski definition) is 4. The smallest absolute Gasteiger partial charge is 0.247 e. The zero-order chi connectivity index (χ0) is 20.1. The van der Waals surface area contributed by atoms with Gasteiger partial charge < -0.3 is 0 Å². The van der Waals surface area contributed by atoms with Crippen molar-refractivity contribution in [1.82, 2.24) is 9.78 Å². The van der Waals surface area contributed by atoms with E-state index in [4.69, 9.17) is 0 Å². The van der Waals surface area contributed by atoms with Crippen LogP contribution in [0.15, 0.2) is 65.9 Å². The first-order valence-corrected chi connectivity index (χ1v) is 9.08. The quantitative estimate of drug-likeness (QED) is 0.759. The Morgan fingerprint density at radius 3 is 2.46 bits per heavy atom. The highest BCUT2D eigenvalue weighted by Crippen LogP contribution is 2.52. The van der Waals surface area contributed by atoms with Gasteiger partial charge in [0.15, 0.2) is 5.78 Å². The fourth-order valence-electron chi connectivity index (χ4n) is 4.36. The summed E-state index contributed by atoms with van der Waals surface area (Å²) >= 11 is 0. The summed E-state index contributed by atoms with van der Waals surface area (Å²) in [5.74, 6) is 0.222. The van der Waals surface area contributed by atoms with Crippen LogP contribution in [0.3, 0.4) is 0 Å². The van der Waals surface area contributed by atoms with Gasteiger partial charge >= 0.3 is 0 Å². The summed E-state index contributed by atoms with van der Waals surface area (Å²) in [5, 5.41) is 13.8. The van der Waals surface area contributed by atoms with Crippen molar-refractivity contribution in [3.05, 3.63) is 71.5 Å². The lowest BCUT2D eigenvalue weighted by molar-refractivity contribution is -0.125. The fourth-order valence-corrected chi connectivity index (χ4v) is 4.36. The van der Waals surface area contributed by atoms with Gasteiger partial charge in [0.2, 0.25) is 5.91 Å². The Morgan fingerprint density at radius 1 is 1.14 bits per heavy atom. The summed E-state index contributed by atoms with van der Waals surface area (Å²) in [4.78, 5) is 28.5. The lowest BCUT2D eigenvalue weighted by atomic mass is 9.56. The number of nitrogens with zero attached hydrogens (tertiary/aromatic N) is 4. The molecule has 28 heavy (non-hydrogen) atoms. The molecule has 1 amide bonds. The number of ketones is 1. The van der Waals surface area contributed by atoms with Gasteiger partial charge in [-0.3, -0.25) is 19.2 Å². The number of aromatic nitrogens is 2. The second-order valence-electron chi connectivity index (χ2n) is 7.64. The molecule has 0 saturated heterocycles. The van der Waals surface area contributed by atoms with Crippen LogP contribution in [0.2, 0.25) is 0 Å². The Hall–Kier alpha value is -3.46. The zero-order valence-corrected chi connectivity index (χ0v) is 16.0. The topological polar surface area (TPSA) is 79.0 Å². The first-order chi connectivity index (χ1) is 13.3. The van der Waals surface area contributed by atoms with Gasteiger partial charge in [0.1, 0.15) is 17.3 Å². The van der Waals surface area contributed by atoms with E-state index in [2.05, 4.69) is 5.10 Å². The molecule has 1 atom stereocenters. The van der Waals surface area contributed by atoms with E-state index in [0.29, 0.717) is 12.4 Å². The molecular weight excluding hydrogens is 352 g/mol. The summed E-state index contributed by atoms with van der Waals surface area (Å²) in [7, 11) is 1.78. The zero-order valence-electron chi connectivity index (χ0n) is 16.0. The number of Topliss-reactive ketones (excluding diaryl/α,β-unsaturated/α-hetero) is 1. The molecule has 0 fully saturated rings. The Kier molecular flexibility index (Phi) is 3.86. The number of rotatable bonds is 2. The van der Waals surface area contributed by atoms with Crippen molar-refractivity contribution >= 4 is 17.5 Å². The molecule has 1 aromatic carbocycles. The maximum atomic E-state index is 14.0. The van der Waals surface area contributed by atoms with Crippen molar-refractivity contribution in [3.8, 4) is 6.07 Å². The maximum Gasteiger partial charge on any atom is 0.247 e. The molecule has 2 aromatic rings. The molecule has 6 heteroatoms. The van der Waals surface area contributed by atoms with Crippen molar-refractivity contribution in [2.75, 3.05) is 11.4 Å².